The highest BCUT2D eigenvalue weighted by molar-refractivity contribution is 8.00. The minimum Gasteiger partial charge on any atom is -0.484 e. The number of halogens is 1. The van der Waals surface area contributed by atoms with E-state index in [9.17, 15) is 0 Å². The summed E-state index contributed by atoms with van der Waals surface area (Å²) in [6.07, 6.45) is 4.46. The number of aromatic amines is 1. The first-order valence-electron chi connectivity index (χ1n) is 7.45. The quantitative estimate of drug-likeness (QED) is 0.732. The Hall–Kier alpha value is -1.91. The Balaban J connectivity index is 1.64. The number of rotatable bonds is 4. The van der Waals surface area contributed by atoms with Gasteiger partial charge in [0.2, 0.25) is 0 Å². The molecule has 2 heterocycles. The van der Waals surface area contributed by atoms with E-state index in [-0.39, 0.29) is 11.4 Å². The van der Waals surface area contributed by atoms with Crippen molar-refractivity contribution in [2.75, 3.05) is 0 Å². The van der Waals surface area contributed by atoms with Crippen molar-refractivity contribution in [3.8, 4) is 5.75 Å². The van der Waals surface area contributed by atoms with Crippen LogP contribution in [0.3, 0.4) is 0 Å². The highest BCUT2D eigenvalue weighted by Gasteiger charge is 2.35. The standard InChI is InChI=1S/C18H15ClN2OS/c19-12-4-3-5-13(10-12)22-18-14-6-1-2-7-15(14)23-16(18)11-17-20-8-9-21-17/h1-10,16,18H,11H2,(H,20,21)/t16-,18-/m0/s1. The molecule has 0 bridgehead atoms. The topological polar surface area (TPSA) is 37.9 Å². The molecular formula is C18H15ClN2OS. The van der Waals surface area contributed by atoms with Gasteiger partial charge in [-0.25, -0.2) is 4.98 Å². The van der Waals surface area contributed by atoms with Gasteiger partial charge in [0.15, 0.2) is 0 Å². The number of hydrogen-bond acceptors (Lipinski definition) is 3. The van der Waals surface area contributed by atoms with E-state index in [0.29, 0.717) is 5.02 Å². The molecule has 0 saturated heterocycles. The molecule has 0 saturated carbocycles. The minimum atomic E-state index is -0.0141. The van der Waals surface area contributed by atoms with E-state index in [4.69, 9.17) is 16.3 Å². The lowest BCUT2D eigenvalue weighted by Crippen LogP contribution is -2.19. The first kappa shape index (κ1) is 14.7. The minimum absolute atomic E-state index is 0.0141. The van der Waals surface area contributed by atoms with Crippen molar-refractivity contribution in [1.82, 2.24) is 9.97 Å². The number of H-pyrrole nitrogens is 1. The smallest absolute Gasteiger partial charge is 0.137 e. The molecule has 0 amide bonds. The van der Waals surface area contributed by atoms with Crippen molar-refractivity contribution in [2.45, 2.75) is 22.7 Å². The predicted molar refractivity (Wildman–Crippen MR) is 93.2 cm³/mol. The average Bonchev–Trinajstić information content (AvgIpc) is 3.17. The van der Waals surface area contributed by atoms with Crippen LogP contribution in [0.5, 0.6) is 5.75 Å². The molecular weight excluding hydrogens is 328 g/mol. The summed E-state index contributed by atoms with van der Waals surface area (Å²) in [6, 6.07) is 16.0. The Labute approximate surface area is 144 Å². The number of benzene rings is 2. The van der Waals surface area contributed by atoms with E-state index in [1.54, 1.807) is 6.20 Å². The van der Waals surface area contributed by atoms with Crippen LogP contribution in [-0.4, -0.2) is 15.2 Å². The van der Waals surface area contributed by atoms with Gasteiger partial charge in [0.25, 0.3) is 0 Å². The molecule has 0 spiro atoms. The van der Waals surface area contributed by atoms with E-state index >= 15 is 0 Å². The van der Waals surface area contributed by atoms with Crippen LogP contribution in [0.1, 0.15) is 17.5 Å². The SMILES string of the molecule is Clc1cccc(O[C@H]2c3ccccc3S[C@H]2Cc2ncc[nH]2)c1. The Bertz CT molecular complexity index is 804. The maximum atomic E-state index is 6.30. The van der Waals surface area contributed by atoms with Gasteiger partial charge in [-0.2, -0.15) is 0 Å². The van der Waals surface area contributed by atoms with Gasteiger partial charge in [0.1, 0.15) is 17.7 Å². The number of thioether (sulfide) groups is 1. The van der Waals surface area contributed by atoms with Crippen molar-refractivity contribution in [1.29, 1.82) is 0 Å². The third-order valence-electron chi connectivity index (χ3n) is 3.85. The molecule has 3 aromatic rings. The summed E-state index contributed by atoms with van der Waals surface area (Å²) in [7, 11) is 0. The van der Waals surface area contributed by atoms with Crippen LogP contribution in [-0.2, 0) is 6.42 Å². The number of nitrogens with one attached hydrogen (secondary N) is 1. The van der Waals surface area contributed by atoms with E-state index in [1.807, 2.05) is 42.2 Å². The number of hydrogen-bond donors (Lipinski definition) is 1. The summed E-state index contributed by atoms with van der Waals surface area (Å²) in [4.78, 5) is 8.81. The van der Waals surface area contributed by atoms with E-state index < -0.39 is 0 Å². The van der Waals surface area contributed by atoms with Crippen LogP contribution in [0.4, 0.5) is 0 Å². The molecule has 23 heavy (non-hydrogen) atoms. The van der Waals surface area contributed by atoms with Crippen molar-refractivity contribution in [2.24, 2.45) is 0 Å². The van der Waals surface area contributed by atoms with Crippen LogP contribution in [0.25, 0.3) is 0 Å². The molecule has 0 unspecified atom stereocenters. The fourth-order valence-electron chi connectivity index (χ4n) is 2.82. The molecule has 3 nitrogen and oxygen atoms in total. The van der Waals surface area contributed by atoms with E-state index in [2.05, 4.69) is 34.2 Å². The Morgan fingerprint density at radius 2 is 2.09 bits per heavy atom. The second-order valence-electron chi connectivity index (χ2n) is 5.43. The van der Waals surface area contributed by atoms with Gasteiger partial charge < -0.3 is 9.72 Å². The Morgan fingerprint density at radius 3 is 2.91 bits per heavy atom. The van der Waals surface area contributed by atoms with Gasteiger partial charge in [-0.3, -0.25) is 0 Å². The molecule has 0 radical (unpaired) electrons. The van der Waals surface area contributed by atoms with Crippen LogP contribution in [0, 0.1) is 0 Å². The molecule has 2 atom stereocenters. The molecule has 1 aliphatic rings. The predicted octanol–water partition coefficient (Wildman–Crippen LogP) is 4.90. The van der Waals surface area contributed by atoms with E-state index in [1.165, 1.54) is 10.5 Å². The molecule has 0 aliphatic carbocycles. The fourth-order valence-corrected chi connectivity index (χ4v) is 4.37. The zero-order chi connectivity index (χ0) is 15.6. The normalized spacial score (nSPS) is 19.5. The summed E-state index contributed by atoms with van der Waals surface area (Å²) in [5.41, 5.74) is 1.23. The third-order valence-corrected chi connectivity index (χ3v) is 5.43. The monoisotopic (exact) mass is 342 g/mol. The zero-order valence-corrected chi connectivity index (χ0v) is 13.8. The number of fused-ring (bicyclic) bond motifs is 1. The maximum absolute atomic E-state index is 6.30. The summed E-state index contributed by atoms with van der Waals surface area (Å²) >= 11 is 7.93. The number of ether oxygens (including phenoxy) is 1. The lowest BCUT2D eigenvalue weighted by molar-refractivity contribution is 0.203. The van der Waals surface area contributed by atoms with Crippen molar-refractivity contribution >= 4 is 23.4 Å². The first-order chi connectivity index (χ1) is 11.3. The molecule has 2 aromatic carbocycles. The lowest BCUT2D eigenvalue weighted by atomic mass is 10.0. The second kappa shape index (κ2) is 6.30. The highest BCUT2D eigenvalue weighted by Crippen LogP contribution is 2.47. The van der Waals surface area contributed by atoms with Gasteiger partial charge in [0, 0.05) is 34.3 Å². The van der Waals surface area contributed by atoms with Crippen molar-refractivity contribution in [3.05, 3.63) is 77.3 Å². The Kier molecular flexibility index (Phi) is 4.02. The van der Waals surface area contributed by atoms with Crippen LogP contribution in [0.2, 0.25) is 5.02 Å². The average molecular weight is 343 g/mol. The summed E-state index contributed by atoms with van der Waals surface area (Å²) in [5, 5.41) is 0.960. The highest BCUT2D eigenvalue weighted by atomic mass is 35.5. The summed E-state index contributed by atoms with van der Waals surface area (Å²) in [6.45, 7) is 0. The third kappa shape index (κ3) is 3.09. The first-order valence-corrected chi connectivity index (χ1v) is 8.71. The zero-order valence-electron chi connectivity index (χ0n) is 12.3. The molecule has 5 heteroatoms. The number of imidazole rings is 1. The van der Waals surface area contributed by atoms with Crippen molar-refractivity contribution in [3.63, 3.8) is 0 Å². The van der Waals surface area contributed by atoms with Gasteiger partial charge in [0.05, 0.1) is 5.25 Å². The molecule has 1 aliphatic heterocycles. The molecule has 1 N–H and O–H groups in total. The fraction of sp³-hybridized carbons (Fsp3) is 0.167. The molecule has 1 aromatic heterocycles. The maximum Gasteiger partial charge on any atom is 0.137 e. The number of aromatic nitrogens is 2. The molecule has 116 valence electrons. The van der Waals surface area contributed by atoms with Crippen molar-refractivity contribution < 1.29 is 4.74 Å². The van der Waals surface area contributed by atoms with Gasteiger partial charge >= 0.3 is 0 Å². The van der Waals surface area contributed by atoms with Crippen LogP contribution >= 0.6 is 23.4 Å². The van der Waals surface area contributed by atoms with Gasteiger partial charge in [-0.1, -0.05) is 35.9 Å². The lowest BCUT2D eigenvalue weighted by Gasteiger charge is -2.21. The summed E-state index contributed by atoms with van der Waals surface area (Å²) in [5.74, 6) is 1.78. The second-order valence-corrected chi connectivity index (χ2v) is 7.15. The summed E-state index contributed by atoms with van der Waals surface area (Å²) < 4.78 is 6.30. The van der Waals surface area contributed by atoms with Crippen LogP contribution in [0.15, 0.2) is 65.8 Å². The number of nitrogens with zero attached hydrogens (tertiary/aromatic N) is 1. The Morgan fingerprint density at radius 1 is 1.17 bits per heavy atom. The van der Waals surface area contributed by atoms with Gasteiger partial charge in [-0.05, 0) is 24.3 Å². The van der Waals surface area contributed by atoms with Gasteiger partial charge in [-0.15, -0.1) is 11.8 Å². The largest absolute Gasteiger partial charge is 0.484 e. The molecule has 4 rings (SSSR count). The van der Waals surface area contributed by atoms with Crippen LogP contribution < -0.4 is 4.74 Å². The van der Waals surface area contributed by atoms with E-state index in [0.717, 1.165) is 18.0 Å². The molecule has 0 fully saturated rings.